The van der Waals surface area contributed by atoms with Gasteiger partial charge < -0.3 is 10.6 Å². The summed E-state index contributed by atoms with van der Waals surface area (Å²) in [6.07, 6.45) is 0. The van der Waals surface area contributed by atoms with Gasteiger partial charge in [-0.25, -0.2) is 0 Å². The fraction of sp³-hybridized carbons (Fsp3) is 0.462. The second-order valence-electron chi connectivity index (χ2n) is 4.69. The SMILES string of the molecule is CC(C(=O)Nc1cccc(Cl)c1SC(F)F)C1CNC1. The predicted molar refractivity (Wildman–Crippen MR) is 77.5 cm³/mol. The summed E-state index contributed by atoms with van der Waals surface area (Å²) in [5, 5.41) is 6.02. The van der Waals surface area contributed by atoms with Crippen molar-refractivity contribution >= 4 is 35.0 Å². The fourth-order valence-corrected chi connectivity index (χ4v) is 2.85. The van der Waals surface area contributed by atoms with E-state index in [2.05, 4.69) is 10.6 Å². The zero-order valence-corrected chi connectivity index (χ0v) is 12.4. The highest BCUT2D eigenvalue weighted by molar-refractivity contribution is 7.99. The number of carbonyl (C=O) groups excluding carboxylic acids is 1. The normalized spacial score (nSPS) is 16.9. The molecule has 1 amide bonds. The minimum absolute atomic E-state index is 0.167. The molecule has 1 aromatic carbocycles. The minimum Gasteiger partial charge on any atom is -0.325 e. The Balaban J connectivity index is 2.11. The average molecular weight is 321 g/mol. The first kappa shape index (κ1) is 15.5. The van der Waals surface area contributed by atoms with E-state index in [1.54, 1.807) is 12.1 Å². The standard InChI is InChI=1S/C13H15ClF2N2OS/c1-7(8-5-17-6-8)12(19)18-10-4-2-3-9(14)11(10)20-13(15)16/h2-4,7-8,13,17H,5-6H2,1H3,(H,18,19). The molecule has 0 saturated carbocycles. The van der Waals surface area contributed by atoms with Crippen LogP contribution < -0.4 is 10.6 Å². The van der Waals surface area contributed by atoms with Crippen molar-refractivity contribution in [3.8, 4) is 0 Å². The maximum absolute atomic E-state index is 12.6. The van der Waals surface area contributed by atoms with Crippen LogP contribution in [0.2, 0.25) is 5.02 Å². The van der Waals surface area contributed by atoms with Crippen molar-refractivity contribution in [3.63, 3.8) is 0 Å². The molecule has 1 atom stereocenters. The number of hydrogen-bond donors (Lipinski definition) is 2. The molecule has 1 aromatic rings. The van der Waals surface area contributed by atoms with Crippen molar-refractivity contribution in [2.24, 2.45) is 11.8 Å². The van der Waals surface area contributed by atoms with Crippen molar-refractivity contribution in [1.82, 2.24) is 5.32 Å². The molecule has 0 spiro atoms. The van der Waals surface area contributed by atoms with E-state index in [9.17, 15) is 13.6 Å². The molecule has 3 nitrogen and oxygen atoms in total. The topological polar surface area (TPSA) is 41.1 Å². The summed E-state index contributed by atoms with van der Waals surface area (Å²) in [7, 11) is 0. The van der Waals surface area contributed by atoms with Crippen LogP contribution in [0.4, 0.5) is 14.5 Å². The van der Waals surface area contributed by atoms with E-state index in [-0.39, 0.29) is 21.7 Å². The summed E-state index contributed by atoms with van der Waals surface area (Å²) in [6.45, 7) is 3.46. The molecule has 7 heteroatoms. The second kappa shape index (κ2) is 6.74. The number of anilines is 1. The highest BCUT2D eigenvalue weighted by atomic mass is 35.5. The van der Waals surface area contributed by atoms with Gasteiger partial charge in [0.15, 0.2) is 0 Å². The molecule has 1 aliphatic heterocycles. The van der Waals surface area contributed by atoms with Crippen LogP contribution >= 0.6 is 23.4 Å². The second-order valence-corrected chi connectivity index (χ2v) is 6.10. The Bertz CT molecular complexity index is 497. The average Bonchev–Trinajstić information content (AvgIpc) is 2.30. The maximum Gasteiger partial charge on any atom is 0.289 e. The molecule has 20 heavy (non-hydrogen) atoms. The number of rotatable bonds is 5. The van der Waals surface area contributed by atoms with E-state index in [0.717, 1.165) is 13.1 Å². The van der Waals surface area contributed by atoms with Crippen molar-refractivity contribution in [2.45, 2.75) is 17.6 Å². The number of carbonyl (C=O) groups is 1. The van der Waals surface area contributed by atoms with Gasteiger partial charge in [-0.1, -0.05) is 36.4 Å². The highest BCUT2D eigenvalue weighted by Crippen LogP contribution is 2.37. The smallest absolute Gasteiger partial charge is 0.289 e. The lowest BCUT2D eigenvalue weighted by molar-refractivity contribution is -0.121. The van der Waals surface area contributed by atoms with Crippen LogP contribution in [-0.2, 0) is 4.79 Å². The van der Waals surface area contributed by atoms with Gasteiger partial charge in [-0.2, -0.15) is 8.78 Å². The van der Waals surface area contributed by atoms with E-state index < -0.39 is 5.76 Å². The van der Waals surface area contributed by atoms with E-state index in [0.29, 0.717) is 23.4 Å². The largest absolute Gasteiger partial charge is 0.325 e. The van der Waals surface area contributed by atoms with Gasteiger partial charge in [-0.15, -0.1) is 0 Å². The van der Waals surface area contributed by atoms with Crippen molar-refractivity contribution in [3.05, 3.63) is 23.2 Å². The first-order chi connectivity index (χ1) is 9.49. The Morgan fingerprint density at radius 1 is 1.50 bits per heavy atom. The third-order valence-corrected chi connectivity index (χ3v) is 4.65. The maximum atomic E-state index is 12.6. The summed E-state index contributed by atoms with van der Waals surface area (Å²) >= 11 is 6.26. The number of halogens is 3. The first-order valence-electron chi connectivity index (χ1n) is 6.24. The lowest BCUT2D eigenvalue weighted by Gasteiger charge is -2.31. The van der Waals surface area contributed by atoms with Crippen LogP contribution in [0.1, 0.15) is 6.92 Å². The highest BCUT2D eigenvalue weighted by Gasteiger charge is 2.29. The molecular formula is C13H15ClF2N2OS. The Hall–Kier alpha value is -0.850. The zero-order valence-electron chi connectivity index (χ0n) is 10.8. The van der Waals surface area contributed by atoms with Crippen LogP contribution in [0.15, 0.2) is 23.1 Å². The minimum atomic E-state index is -2.58. The van der Waals surface area contributed by atoms with Gasteiger partial charge in [-0.05, 0) is 31.1 Å². The number of hydrogen-bond acceptors (Lipinski definition) is 3. The Morgan fingerprint density at radius 2 is 2.20 bits per heavy atom. The molecule has 1 aliphatic rings. The predicted octanol–water partition coefficient (Wildman–Crippen LogP) is 3.45. The summed E-state index contributed by atoms with van der Waals surface area (Å²) in [4.78, 5) is 12.3. The molecular weight excluding hydrogens is 306 g/mol. The molecule has 1 unspecified atom stereocenters. The Kier molecular flexibility index (Phi) is 5.23. The molecule has 2 N–H and O–H groups in total. The first-order valence-corrected chi connectivity index (χ1v) is 7.49. The third kappa shape index (κ3) is 3.62. The lowest BCUT2D eigenvalue weighted by atomic mass is 9.88. The fourth-order valence-electron chi connectivity index (χ4n) is 1.94. The quantitative estimate of drug-likeness (QED) is 0.816. The molecule has 110 valence electrons. The number of alkyl halides is 2. The van der Waals surface area contributed by atoms with Gasteiger partial charge >= 0.3 is 0 Å². The van der Waals surface area contributed by atoms with Gasteiger partial charge in [0.1, 0.15) is 0 Å². The van der Waals surface area contributed by atoms with Crippen LogP contribution in [0.3, 0.4) is 0 Å². The van der Waals surface area contributed by atoms with Crippen LogP contribution in [0, 0.1) is 11.8 Å². The van der Waals surface area contributed by atoms with Gasteiger partial charge in [0.25, 0.3) is 5.76 Å². The van der Waals surface area contributed by atoms with E-state index >= 15 is 0 Å². The summed E-state index contributed by atoms with van der Waals surface area (Å²) in [6, 6.07) is 4.74. The lowest BCUT2D eigenvalue weighted by Crippen LogP contribution is -2.48. The molecule has 0 bridgehead atoms. The molecule has 0 aliphatic carbocycles. The molecule has 2 rings (SSSR count). The van der Waals surface area contributed by atoms with Gasteiger partial charge in [-0.3, -0.25) is 4.79 Å². The summed E-state index contributed by atoms with van der Waals surface area (Å²) in [5.74, 6) is -2.63. The summed E-state index contributed by atoms with van der Waals surface area (Å²) < 4.78 is 25.1. The molecule has 0 radical (unpaired) electrons. The van der Waals surface area contributed by atoms with Crippen LogP contribution in [0.5, 0.6) is 0 Å². The van der Waals surface area contributed by atoms with Crippen LogP contribution in [-0.4, -0.2) is 24.8 Å². The molecule has 1 fully saturated rings. The van der Waals surface area contributed by atoms with Crippen molar-refractivity contribution < 1.29 is 13.6 Å². The van der Waals surface area contributed by atoms with Crippen molar-refractivity contribution in [1.29, 1.82) is 0 Å². The van der Waals surface area contributed by atoms with E-state index in [1.165, 1.54) is 6.07 Å². The monoisotopic (exact) mass is 320 g/mol. The molecule has 0 aromatic heterocycles. The molecule has 1 saturated heterocycles. The number of nitrogens with one attached hydrogen (secondary N) is 2. The number of amides is 1. The van der Waals surface area contributed by atoms with Gasteiger partial charge in [0.2, 0.25) is 5.91 Å². The summed E-state index contributed by atoms with van der Waals surface area (Å²) in [5.41, 5.74) is 0.340. The van der Waals surface area contributed by atoms with E-state index in [4.69, 9.17) is 11.6 Å². The third-order valence-electron chi connectivity index (χ3n) is 3.37. The van der Waals surface area contributed by atoms with Crippen molar-refractivity contribution in [2.75, 3.05) is 18.4 Å². The number of benzene rings is 1. The Morgan fingerprint density at radius 3 is 2.75 bits per heavy atom. The Labute approximate surface area is 125 Å². The molecule has 1 heterocycles. The van der Waals surface area contributed by atoms with Gasteiger partial charge in [0.05, 0.1) is 15.6 Å². The van der Waals surface area contributed by atoms with Gasteiger partial charge in [0, 0.05) is 5.92 Å². The van der Waals surface area contributed by atoms with Crippen LogP contribution in [0.25, 0.3) is 0 Å². The number of thioether (sulfide) groups is 1. The zero-order chi connectivity index (χ0) is 14.7. The van der Waals surface area contributed by atoms with E-state index in [1.807, 2.05) is 6.92 Å².